The third-order valence-electron chi connectivity index (χ3n) is 7.55. The van der Waals surface area contributed by atoms with Gasteiger partial charge in [0, 0.05) is 54.4 Å². The van der Waals surface area contributed by atoms with E-state index in [0.717, 1.165) is 53.8 Å². The number of hydrogen-bond donors (Lipinski definition) is 2. The van der Waals surface area contributed by atoms with E-state index in [0.29, 0.717) is 19.0 Å². The van der Waals surface area contributed by atoms with Crippen molar-refractivity contribution >= 4 is 16.9 Å². The van der Waals surface area contributed by atoms with Crippen LogP contribution in [0.3, 0.4) is 0 Å². The highest BCUT2D eigenvalue weighted by Gasteiger charge is 2.27. The third kappa shape index (κ3) is 4.23. The lowest BCUT2D eigenvalue weighted by Gasteiger charge is -2.32. The normalized spacial score (nSPS) is 17.7. The monoisotopic (exact) mass is 465 g/mol. The van der Waals surface area contributed by atoms with Crippen LogP contribution in [0.5, 0.6) is 0 Å². The van der Waals surface area contributed by atoms with Crippen LogP contribution in [0.15, 0.2) is 48.9 Å². The van der Waals surface area contributed by atoms with E-state index in [1.165, 1.54) is 34.2 Å². The van der Waals surface area contributed by atoms with Crippen LogP contribution >= 0.6 is 0 Å². The van der Waals surface area contributed by atoms with Crippen LogP contribution in [0.4, 0.5) is 0 Å². The van der Waals surface area contributed by atoms with Gasteiger partial charge in [-0.1, -0.05) is 0 Å². The molecule has 35 heavy (non-hydrogen) atoms. The van der Waals surface area contributed by atoms with E-state index in [-0.39, 0.29) is 5.91 Å². The smallest absolute Gasteiger partial charge is 0.227 e. The van der Waals surface area contributed by atoms with Crippen LogP contribution < -0.4 is 5.32 Å². The van der Waals surface area contributed by atoms with Gasteiger partial charge in [0.25, 0.3) is 0 Å². The summed E-state index contributed by atoms with van der Waals surface area (Å²) >= 11 is 0. The van der Waals surface area contributed by atoms with Gasteiger partial charge in [0.05, 0.1) is 6.42 Å². The molecule has 0 radical (unpaired) electrons. The first-order valence-corrected chi connectivity index (χ1v) is 12.6. The number of benzene rings is 1. The number of carbonyl (C=O) groups excluding carboxylic acids is 1. The topological polar surface area (TPSA) is 73.9 Å². The molecule has 178 valence electrons. The zero-order valence-electron chi connectivity index (χ0n) is 20.4. The minimum atomic E-state index is 0.179. The van der Waals surface area contributed by atoms with E-state index in [2.05, 4.69) is 45.4 Å². The van der Waals surface area contributed by atoms with Crippen molar-refractivity contribution in [3.8, 4) is 11.1 Å². The summed E-state index contributed by atoms with van der Waals surface area (Å²) in [6.45, 7) is 6.57. The maximum absolute atomic E-state index is 13.2. The van der Waals surface area contributed by atoms with Gasteiger partial charge in [0.15, 0.2) is 0 Å². The second-order valence-corrected chi connectivity index (χ2v) is 9.99. The zero-order valence-corrected chi connectivity index (χ0v) is 20.4. The molecule has 6 heteroatoms. The minimum Gasteiger partial charge on any atom is -0.346 e. The summed E-state index contributed by atoms with van der Waals surface area (Å²) in [4.78, 5) is 27.4. The molecule has 1 amide bonds. The van der Waals surface area contributed by atoms with Gasteiger partial charge >= 0.3 is 0 Å². The van der Waals surface area contributed by atoms with E-state index in [9.17, 15) is 4.79 Å². The van der Waals surface area contributed by atoms with Gasteiger partial charge in [-0.05, 0) is 103 Å². The molecule has 1 saturated heterocycles. The fourth-order valence-electron chi connectivity index (χ4n) is 5.67. The van der Waals surface area contributed by atoms with E-state index >= 15 is 0 Å². The number of aromatic nitrogens is 3. The standard InChI is InChI=1S/C29H31N5O/c1-18-15-32-29-25(18)14-22(16-33-29)21-12-23-17-34(28(35)11-20-5-8-30-19(2)10-20)9-6-24(23)26(13-21)27-4-3-7-31-27/h5,8,10,12-16,27,31H,3-4,6-7,9,11,17H2,1-2H3,(H,32,33)/t27-/m0/s1. The molecule has 2 aliphatic heterocycles. The molecule has 6 nitrogen and oxygen atoms in total. The summed E-state index contributed by atoms with van der Waals surface area (Å²) in [5, 5.41) is 4.86. The average Bonchev–Trinajstić information content (AvgIpc) is 3.53. The lowest BCUT2D eigenvalue weighted by Crippen LogP contribution is -2.37. The van der Waals surface area contributed by atoms with Gasteiger partial charge in [-0.15, -0.1) is 0 Å². The Balaban J connectivity index is 1.35. The second-order valence-electron chi connectivity index (χ2n) is 9.99. The number of aromatic amines is 1. The van der Waals surface area contributed by atoms with Gasteiger partial charge in [-0.2, -0.15) is 0 Å². The van der Waals surface area contributed by atoms with Gasteiger partial charge < -0.3 is 15.2 Å². The van der Waals surface area contributed by atoms with Crippen molar-refractivity contribution in [3.63, 3.8) is 0 Å². The van der Waals surface area contributed by atoms with Crippen molar-refractivity contribution in [3.05, 3.63) is 82.4 Å². The predicted octanol–water partition coefficient (Wildman–Crippen LogP) is 4.79. The van der Waals surface area contributed by atoms with Crippen molar-refractivity contribution in [2.45, 2.75) is 52.1 Å². The number of nitrogens with zero attached hydrogens (tertiary/aromatic N) is 3. The van der Waals surface area contributed by atoms with Crippen LogP contribution in [-0.2, 0) is 24.2 Å². The number of rotatable bonds is 4. The highest BCUT2D eigenvalue weighted by Crippen LogP contribution is 2.36. The largest absolute Gasteiger partial charge is 0.346 e. The van der Waals surface area contributed by atoms with E-state index in [1.807, 2.05) is 36.4 Å². The van der Waals surface area contributed by atoms with Gasteiger partial charge in [-0.3, -0.25) is 9.78 Å². The predicted molar refractivity (Wildman–Crippen MR) is 138 cm³/mol. The number of aryl methyl sites for hydroxylation is 2. The molecule has 0 aliphatic carbocycles. The summed E-state index contributed by atoms with van der Waals surface area (Å²) in [5.74, 6) is 0.179. The zero-order chi connectivity index (χ0) is 23.9. The summed E-state index contributed by atoms with van der Waals surface area (Å²) < 4.78 is 0. The van der Waals surface area contributed by atoms with E-state index < -0.39 is 0 Å². The van der Waals surface area contributed by atoms with Crippen LogP contribution in [0.25, 0.3) is 22.2 Å². The van der Waals surface area contributed by atoms with Gasteiger partial charge in [-0.25, -0.2) is 4.98 Å². The Morgan fingerprint density at radius 3 is 2.89 bits per heavy atom. The summed E-state index contributed by atoms with van der Waals surface area (Å²) in [6, 6.07) is 11.2. The first-order chi connectivity index (χ1) is 17.0. The fraction of sp³-hybridized carbons (Fsp3) is 0.345. The molecule has 1 atom stereocenters. The van der Waals surface area contributed by atoms with Crippen molar-refractivity contribution in [1.82, 2.24) is 25.2 Å². The molecule has 0 unspecified atom stereocenters. The molecule has 2 aliphatic rings. The lowest BCUT2D eigenvalue weighted by molar-refractivity contribution is -0.131. The highest BCUT2D eigenvalue weighted by atomic mass is 16.2. The first kappa shape index (κ1) is 22.0. The van der Waals surface area contributed by atoms with E-state index in [1.54, 1.807) is 6.20 Å². The van der Waals surface area contributed by atoms with Crippen LogP contribution in [-0.4, -0.2) is 38.8 Å². The average molecular weight is 466 g/mol. The lowest BCUT2D eigenvalue weighted by atomic mass is 9.86. The molecular formula is C29H31N5O. The van der Waals surface area contributed by atoms with Gasteiger partial charge in [0.1, 0.15) is 5.65 Å². The summed E-state index contributed by atoms with van der Waals surface area (Å²) in [7, 11) is 0. The molecule has 2 N–H and O–H groups in total. The van der Waals surface area contributed by atoms with Gasteiger partial charge in [0.2, 0.25) is 5.91 Å². The number of amides is 1. The molecular weight excluding hydrogens is 434 g/mol. The van der Waals surface area contributed by atoms with E-state index in [4.69, 9.17) is 0 Å². The Bertz CT molecular complexity index is 1420. The van der Waals surface area contributed by atoms with Crippen molar-refractivity contribution in [2.24, 2.45) is 0 Å². The maximum Gasteiger partial charge on any atom is 0.227 e. The Morgan fingerprint density at radius 1 is 1.14 bits per heavy atom. The Labute approximate surface area is 205 Å². The van der Waals surface area contributed by atoms with Crippen molar-refractivity contribution in [1.29, 1.82) is 0 Å². The molecule has 1 fully saturated rings. The maximum atomic E-state index is 13.2. The quantitative estimate of drug-likeness (QED) is 0.454. The SMILES string of the molecule is Cc1cc(CC(=O)N2CCc3c(cc(-c4cnc5[nH]cc(C)c5c4)cc3[C@@H]3CCCN3)C2)ccn1. The van der Waals surface area contributed by atoms with Crippen LogP contribution in [0.1, 0.15) is 52.4 Å². The number of fused-ring (bicyclic) bond motifs is 2. The van der Waals surface area contributed by atoms with Crippen LogP contribution in [0.2, 0.25) is 0 Å². The molecule has 3 aromatic heterocycles. The van der Waals surface area contributed by atoms with Crippen molar-refractivity contribution in [2.75, 3.05) is 13.1 Å². The minimum absolute atomic E-state index is 0.179. The Kier molecular flexibility index (Phi) is 5.61. The number of pyridine rings is 2. The summed E-state index contributed by atoms with van der Waals surface area (Å²) in [6.07, 6.45) is 9.44. The Hall–Kier alpha value is -3.51. The van der Waals surface area contributed by atoms with Crippen molar-refractivity contribution < 1.29 is 4.79 Å². The van der Waals surface area contributed by atoms with Crippen LogP contribution in [0, 0.1) is 13.8 Å². The first-order valence-electron chi connectivity index (χ1n) is 12.6. The third-order valence-corrected chi connectivity index (χ3v) is 7.55. The molecule has 4 aromatic rings. The molecule has 0 saturated carbocycles. The number of H-pyrrole nitrogens is 1. The number of hydrogen-bond acceptors (Lipinski definition) is 4. The molecule has 6 rings (SSSR count). The molecule has 1 aromatic carbocycles. The Morgan fingerprint density at radius 2 is 2.06 bits per heavy atom. The number of carbonyl (C=O) groups is 1. The highest BCUT2D eigenvalue weighted by molar-refractivity contribution is 5.85. The molecule has 5 heterocycles. The molecule has 0 spiro atoms. The fourth-order valence-corrected chi connectivity index (χ4v) is 5.67. The number of nitrogens with one attached hydrogen (secondary N) is 2. The molecule has 0 bridgehead atoms. The second kappa shape index (κ2) is 8.93. The summed E-state index contributed by atoms with van der Waals surface area (Å²) in [5.41, 5.74) is 10.5.